The number of nitrogens with one attached hydrogen (secondary N) is 1. The number of hydrogen-bond acceptors (Lipinski definition) is 2. The maximum absolute atomic E-state index is 12.1. The van der Waals surface area contributed by atoms with Gasteiger partial charge in [-0.05, 0) is 25.5 Å². The van der Waals surface area contributed by atoms with Crippen LogP contribution in [0.15, 0.2) is 29.3 Å². The van der Waals surface area contributed by atoms with Crippen LogP contribution in [-0.2, 0) is 0 Å². The smallest absolute Gasteiger partial charge is 0.253 e. The Morgan fingerprint density at radius 3 is 2.78 bits per heavy atom. The molecule has 0 aliphatic carbocycles. The molecule has 98 valence electrons. The van der Waals surface area contributed by atoms with Gasteiger partial charge in [0.1, 0.15) is 5.84 Å². The van der Waals surface area contributed by atoms with Gasteiger partial charge >= 0.3 is 0 Å². The van der Waals surface area contributed by atoms with Crippen LogP contribution in [0, 0.1) is 0 Å². The van der Waals surface area contributed by atoms with E-state index >= 15 is 0 Å². The van der Waals surface area contributed by atoms with Crippen LogP contribution in [0.4, 0.5) is 5.69 Å². The first-order valence-electron chi connectivity index (χ1n) is 5.87. The van der Waals surface area contributed by atoms with E-state index in [9.17, 15) is 4.79 Å². The summed E-state index contributed by atoms with van der Waals surface area (Å²) in [7, 11) is 0. The molecule has 0 radical (unpaired) electrons. The van der Waals surface area contributed by atoms with E-state index in [0.29, 0.717) is 17.1 Å². The van der Waals surface area contributed by atoms with Crippen molar-refractivity contribution in [3.8, 4) is 0 Å². The molecule has 5 heteroatoms. The SMILES string of the molecule is CCC(C)NC(=O)c1ccccc1N=C(N)CCl. The van der Waals surface area contributed by atoms with Crippen LogP contribution in [-0.4, -0.2) is 23.7 Å². The normalized spacial score (nSPS) is 13.2. The average Bonchev–Trinajstić information content (AvgIpc) is 2.38. The molecule has 1 aromatic rings. The van der Waals surface area contributed by atoms with E-state index in [-0.39, 0.29) is 17.8 Å². The molecule has 1 atom stereocenters. The minimum Gasteiger partial charge on any atom is -0.386 e. The van der Waals surface area contributed by atoms with E-state index in [1.165, 1.54) is 0 Å². The second-order valence-corrected chi connectivity index (χ2v) is 4.30. The van der Waals surface area contributed by atoms with Crippen molar-refractivity contribution in [1.29, 1.82) is 0 Å². The molecule has 0 aliphatic heterocycles. The summed E-state index contributed by atoms with van der Waals surface area (Å²) in [6, 6.07) is 7.19. The molecule has 0 heterocycles. The van der Waals surface area contributed by atoms with Crippen molar-refractivity contribution < 1.29 is 4.79 Å². The minimum absolute atomic E-state index is 0.125. The highest BCUT2D eigenvalue weighted by Gasteiger charge is 2.12. The van der Waals surface area contributed by atoms with Crippen LogP contribution in [0.1, 0.15) is 30.6 Å². The summed E-state index contributed by atoms with van der Waals surface area (Å²) in [6.45, 7) is 3.97. The third-order valence-electron chi connectivity index (χ3n) is 2.54. The first-order chi connectivity index (χ1) is 8.58. The number of nitrogens with two attached hydrogens (primary N) is 1. The molecule has 1 rings (SSSR count). The standard InChI is InChI=1S/C13H18ClN3O/c1-3-9(2)16-13(18)10-6-4-5-7-11(10)17-12(15)8-14/h4-7,9H,3,8H2,1-2H3,(H2,15,17)(H,16,18). The van der Waals surface area contributed by atoms with E-state index in [1.807, 2.05) is 13.8 Å². The Balaban J connectivity index is 2.98. The quantitative estimate of drug-likeness (QED) is 0.489. The van der Waals surface area contributed by atoms with E-state index in [0.717, 1.165) is 6.42 Å². The predicted octanol–water partition coefficient (Wildman–Crippen LogP) is 2.44. The highest BCUT2D eigenvalue weighted by atomic mass is 35.5. The second kappa shape index (κ2) is 7.01. The first-order valence-corrected chi connectivity index (χ1v) is 6.40. The van der Waals surface area contributed by atoms with Crippen LogP contribution in [0.25, 0.3) is 0 Å². The molecule has 0 fully saturated rings. The van der Waals surface area contributed by atoms with Crippen LogP contribution in [0.2, 0.25) is 0 Å². The molecule has 3 N–H and O–H groups in total. The highest BCUT2D eigenvalue weighted by molar-refractivity contribution is 6.28. The highest BCUT2D eigenvalue weighted by Crippen LogP contribution is 2.18. The van der Waals surface area contributed by atoms with Gasteiger partial charge in [0, 0.05) is 6.04 Å². The van der Waals surface area contributed by atoms with Gasteiger partial charge in [-0.1, -0.05) is 19.1 Å². The third kappa shape index (κ3) is 4.04. The predicted molar refractivity (Wildman–Crippen MR) is 75.7 cm³/mol. The number of carbonyl (C=O) groups excluding carboxylic acids is 1. The summed E-state index contributed by atoms with van der Waals surface area (Å²) in [5, 5.41) is 2.90. The summed E-state index contributed by atoms with van der Waals surface area (Å²) in [4.78, 5) is 16.2. The topological polar surface area (TPSA) is 67.5 Å². The number of rotatable bonds is 5. The Bertz CT molecular complexity index is 446. The number of nitrogens with zero attached hydrogens (tertiary/aromatic N) is 1. The zero-order valence-corrected chi connectivity index (χ0v) is 11.4. The monoisotopic (exact) mass is 267 g/mol. The molecular weight excluding hydrogens is 250 g/mol. The molecule has 0 aliphatic rings. The Labute approximate surface area is 112 Å². The molecule has 1 amide bonds. The molecule has 0 saturated heterocycles. The lowest BCUT2D eigenvalue weighted by Gasteiger charge is -2.12. The van der Waals surface area contributed by atoms with E-state index in [1.54, 1.807) is 24.3 Å². The summed E-state index contributed by atoms with van der Waals surface area (Å²) in [5.41, 5.74) is 6.63. The van der Waals surface area contributed by atoms with Gasteiger partial charge in [0.25, 0.3) is 5.91 Å². The summed E-state index contributed by atoms with van der Waals surface area (Å²) < 4.78 is 0. The van der Waals surface area contributed by atoms with Crippen LogP contribution in [0.3, 0.4) is 0 Å². The molecule has 18 heavy (non-hydrogen) atoms. The van der Waals surface area contributed by atoms with Crippen molar-refractivity contribution in [2.45, 2.75) is 26.3 Å². The van der Waals surface area contributed by atoms with Gasteiger partial charge in [-0.25, -0.2) is 4.99 Å². The van der Waals surface area contributed by atoms with Gasteiger partial charge in [0.15, 0.2) is 0 Å². The van der Waals surface area contributed by atoms with Gasteiger partial charge in [0.2, 0.25) is 0 Å². The zero-order valence-electron chi connectivity index (χ0n) is 10.6. The van der Waals surface area contributed by atoms with Gasteiger partial charge in [-0.3, -0.25) is 4.79 Å². The summed E-state index contributed by atoms with van der Waals surface area (Å²) in [6.07, 6.45) is 0.876. The van der Waals surface area contributed by atoms with E-state index in [2.05, 4.69) is 10.3 Å². The number of hydrogen-bond donors (Lipinski definition) is 2. The number of amides is 1. The number of benzene rings is 1. The Kier molecular flexibility index (Phi) is 5.65. The minimum atomic E-state index is -0.147. The van der Waals surface area contributed by atoms with Crippen LogP contribution < -0.4 is 11.1 Å². The number of carbonyl (C=O) groups is 1. The van der Waals surface area contributed by atoms with E-state index < -0.39 is 0 Å². The fraction of sp³-hybridized carbons (Fsp3) is 0.385. The third-order valence-corrected chi connectivity index (χ3v) is 2.81. The average molecular weight is 268 g/mol. The van der Waals surface area contributed by atoms with Crippen LogP contribution >= 0.6 is 11.6 Å². The molecule has 1 aromatic carbocycles. The van der Waals surface area contributed by atoms with Gasteiger partial charge < -0.3 is 11.1 Å². The Morgan fingerprint density at radius 1 is 1.50 bits per heavy atom. The summed E-state index contributed by atoms with van der Waals surface area (Å²) >= 11 is 5.58. The Hall–Kier alpha value is -1.55. The van der Waals surface area contributed by atoms with Gasteiger partial charge in [0.05, 0.1) is 17.1 Å². The maximum Gasteiger partial charge on any atom is 0.253 e. The van der Waals surface area contributed by atoms with Crippen molar-refractivity contribution in [2.24, 2.45) is 10.7 Å². The van der Waals surface area contributed by atoms with Crippen molar-refractivity contribution in [3.63, 3.8) is 0 Å². The lowest BCUT2D eigenvalue weighted by molar-refractivity contribution is 0.0940. The molecule has 0 bridgehead atoms. The van der Waals surface area contributed by atoms with Crippen LogP contribution in [0.5, 0.6) is 0 Å². The molecular formula is C13H18ClN3O. The fourth-order valence-corrected chi connectivity index (χ4v) is 1.41. The van der Waals surface area contributed by atoms with Crippen molar-refractivity contribution in [2.75, 3.05) is 5.88 Å². The lowest BCUT2D eigenvalue weighted by atomic mass is 10.1. The second-order valence-electron chi connectivity index (χ2n) is 4.04. The summed E-state index contributed by atoms with van der Waals surface area (Å²) in [5.74, 6) is 0.285. The van der Waals surface area contributed by atoms with Gasteiger partial charge in [-0.15, -0.1) is 11.6 Å². The van der Waals surface area contributed by atoms with Crippen molar-refractivity contribution in [1.82, 2.24) is 5.32 Å². The zero-order chi connectivity index (χ0) is 13.5. The maximum atomic E-state index is 12.1. The number of aliphatic imine (C=N–C) groups is 1. The molecule has 0 saturated carbocycles. The number of amidine groups is 1. The number of para-hydroxylation sites is 1. The molecule has 0 spiro atoms. The number of alkyl halides is 1. The lowest BCUT2D eigenvalue weighted by Crippen LogP contribution is -2.32. The van der Waals surface area contributed by atoms with Gasteiger partial charge in [-0.2, -0.15) is 0 Å². The van der Waals surface area contributed by atoms with Crippen molar-refractivity contribution in [3.05, 3.63) is 29.8 Å². The van der Waals surface area contributed by atoms with Crippen molar-refractivity contribution >= 4 is 29.0 Å². The molecule has 4 nitrogen and oxygen atoms in total. The Morgan fingerprint density at radius 2 is 2.17 bits per heavy atom. The fourth-order valence-electron chi connectivity index (χ4n) is 1.35. The molecule has 1 unspecified atom stereocenters. The number of halogens is 1. The first kappa shape index (κ1) is 14.5. The largest absolute Gasteiger partial charge is 0.386 e. The van der Waals surface area contributed by atoms with E-state index in [4.69, 9.17) is 17.3 Å². The molecule has 0 aromatic heterocycles.